The van der Waals surface area contributed by atoms with E-state index in [0.29, 0.717) is 5.75 Å². The van der Waals surface area contributed by atoms with Crippen LogP contribution in [0.2, 0.25) is 0 Å². The van der Waals surface area contributed by atoms with E-state index in [-0.39, 0.29) is 0 Å². The molecule has 0 aliphatic rings. The SMILES string of the molecule is C=Cc1cccc(OC(N)=O)c1[SiH3]. The number of rotatable bonds is 2. The number of benzene rings is 1. The first-order valence-electron chi connectivity index (χ1n) is 3.84. The van der Waals surface area contributed by atoms with Gasteiger partial charge in [-0.3, -0.25) is 0 Å². The van der Waals surface area contributed by atoms with E-state index in [1.54, 1.807) is 18.2 Å². The highest BCUT2D eigenvalue weighted by Crippen LogP contribution is 2.09. The average molecular weight is 193 g/mol. The number of carbonyl (C=O) groups excluding carboxylic acids is 1. The number of primary amides is 1. The smallest absolute Gasteiger partial charge is 0.409 e. The van der Waals surface area contributed by atoms with Crippen molar-refractivity contribution in [1.82, 2.24) is 0 Å². The molecule has 0 spiro atoms. The molecular formula is C9H11NO2Si. The summed E-state index contributed by atoms with van der Waals surface area (Å²) < 4.78 is 4.81. The minimum absolute atomic E-state index is 0.538. The van der Waals surface area contributed by atoms with E-state index in [0.717, 1.165) is 21.0 Å². The number of carbonyl (C=O) groups is 1. The molecule has 0 saturated carbocycles. The summed E-state index contributed by atoms with van der Waals surface area (Å²) in [4.78, 5) is 10.5. The van der Waals surface area contributed by atoms with E-state index in [9.17, 15) is 4.79 Å². The summed E-state index contributed by atoms with van der Waals surface area (Å²) in [5.74, 6) is 0.538. The maximum atomic E-state index is 10.5. The first-order valence-corrected chi connectivity index (χ1v) is 4.84. The molecule has 3 nitrogen and oxygen atoms in total. The van der Waals surface area contributed by atoms with Crippen LogP contribution in [0.3, 0.4) is 0 Å². The molecular weight excluding hydrogens is 182 g/mol. The molecule has 1 rings (SSSR count). The molecule has 1 aromatic carbocycles. The van der Waals surface area contributed by atoms with Crippen LogP contribution in [0.5, 0.6) is 5.75 Å². The monoisotopic (exact) mass is 193 g/mol. The second-order valence-electron chi connectivity index (χ2n) is 2.60. The molecule has 0 atom stereocenters. The van der Waals surface area contributed by atoms with Gasteiger partial charge in [0.1, 0.15) is 5.75 Å². The fourth-order valence-corrected chi connectivity index (χ4v) is 1.71. The molecule has 68 valence electrons. The molecule has 0 bridgehead atoms. The zero-order valence-electron chi connectivity index (χ0n) is 7.41. The first-order chi connectivity index (χ1) is 6.15. The highest BCUT2D eigenvalue weighted by molar-refractivity contribution is 6.36. The van der Waals surface area contributed by atoms with Crippen molar-refractivity contribution < 1.29 is 9.53 Å². The van der Waals surface area contributed by atoms with Crippen molar-refractivity contribution in [1.29, 1.82) is 0 Å². The van der Waals surface area contributed by atoms with Crippen molar-refractivity contribution in [2.75, 3.05) is 0 Å². The van der Waals surface area contributed by atoms with Gasteiger partial charge in [-0.25, -0.2) is 4.79 Å². The van der Waals surface area contributed by atoms with Gasteiger partial charge in [-0.05, 0) is 16.8 Å². The minimum atomic E-state index is -0.779. The van der Waals surface area contributed by atoms with Gasteiger partial charge in [-0.2, -0.15) is 0 Å². The molecule has 4 heteroatoms. The summed E-state index contributed by atoms with van der Waals surface area (Å²) in [6.07, 6.45) is 0.953. The highest BCUT2D eigenvalue weighted by Gasteiger charge is 2.04. The summed E-state index contributed by atoms with van der Waals surface area (Å²) >= 11 is 0. The molecule has 0 aliphatic carbocycles. The summed E-state index contributed by atoms with van der Waals surface area (Å²) in [7, 11) is 0.788. The fraction of sp³-hybridized carbons (Fsp3) is 0. The van der Waals surface area contributed by atoms with Gasteiger partial charge in [0.05, 0.1) is 0 Å². The summed E-state index contributed by atoms with van der Waals surface area (Å²) in [5, 5.41) is 0.997. The lowest BCUT2D eigenvalue weighted by molar-refractivity contribution is 0.211. The molecule has 0 aromatic heterocycles. The molecule has 1 amide bonds. The summed E-state index contributed by atoms with van der Waals surface area (Å²) in [5.41, 5.74) is 5.90. The van der Waals surface area contributed by atoms with Crippen LogP contribution in [0.25, 0.3) is 6.08 Å². The maximum Gasteiger partial charge on any atom is 0.409 e. The minimum Gasteiger partial charge on any atom is -0.411 e. The van der Waals surface area contributed by atoms with Crippen molar-refractivity contribution in [2.45, 2.75) is 0 Å². The average Bonchev–Trinajstić information content (AvgIpc) is 2.08. The third-order valence-corrected chi connectivity index (χ3v) is 2.83. The molecule has 0 unspecified atom stereocenters. The van der Waals surface area contributed by atoms with Crippen LogP contribution in [0.1, 0.15) is 5.56 Å². The molecule has 0 aliphatic heterocycles. The Morgan fingerprint density at radius 3 is 2.85 bits per heavy atom. The zero-order valence-corrected chi connectivity index (χ0v) is 9.41. The number of hydrogen-bond donors (Lipinski definition) is 1. The quantitative estimate of drug-likeness (QED) is 0.660. The van der Waals surface area contributed by atoms with Crippen LogP contribution in [0, 0.1) is 0 Å². The van der Waals surface area contributed by atoms with E-state index in [4.69, 9.17) is 10.5 Å². The predicted molar refractivity (Wildman–Crippen MR) is 56.3 cm³/mol. The molecule has 0 saturated heterocycles. The second kappa shape index (κ2) is 3.91. The highest BCUT2D eigenvalue weighted by atomic mass is 28.1. The lowest BCUT2D eigenvalue weighted by Gasteiger charge is -2.06. The lowest BCUT2D eigenvalue weighted by Crippen LogP contribution is -2.21. The van der Waals surface area contributed by atoms with E-state index in [2.05, 4.69) is 6.58 Å². The number of hydrogen-bond acceptors (Lipinski definition) is 2. The largest absolute Gasteiger partial charge is 0.411 e. The van der Waals surface area contributed by atoms with Gasteiger partial charge in [-0.15, -0.1) is 0 Å². The molecule has 13 heavy (non-hydrogen) atoms. The molecule has 1 aromatic rings. The second-order valence-corrected chi connectivity index (χ2v) is 3.60. The summed E-state index contributed by atoms with van der Waals surface area (Å²) in [6.45, 7) is 3.66. The predicted octanol–water partition coefficient (Wildman–Crippen LogP) is -0.222. The Bertz CT molecular complexity index is 349. The zero-order chi connectivity index (χ0) is 9.84. The Morgan fingerprint density at radius 2 is 2.31 bits per heavy atom. The van der Waals surface area contributed by atoms with Crippen LogP contribution in [0.15, 0.2) is 24.8 Å². The first kappa shape index (κ1) is 9.53. The van der Waals surface area contributed by atoms with Gasteiger partial charge in [0.2, 0.25) is 0 Å². The van der Waals surface area contributed by atoms with Gasteiger partial charge in [-0.1, -0.05) is 24.8 Å². The third kappa shape index (κ3) is 2.19. The Labute approximate surface area is 79.6 Å². The van der Waals surface area contributed by atoms with E-state index in [1.807, 2.05) is 6.07 Å². The van der Waals surface area contributed by atoms with Crippen LogP contribution in [-0.2, 0) is 0 Å². The maximum absolute atomic E-state index is 10.5. The van der Waals surface area contributed by atoms with Crippen LogP contribution >= 0.6 is 0 Å². The van der Waals surface area contributed by atoms with Crippen molar-refractivity contribution in [3.63, 3.8) is 0 Å². The molecule has 2 N–H and O–H groups in total. The van der Waals surface area contributed by atoms with Crippen LogP contribution < -0.4 is 15.7 Å². The third-order valence-electron chi connectivity index (χ3n) is 1.76. The summed E-state index contributed by atoms with van der Waals surface area (Å²) in [6, 6.07) is 5.44. The van der Waals surface area contributed by atoms with Gasteiger partial charge in [0, 0.05) is 10.2 Å². The van der Waals surface area contributed by atoms with Gasteiger partial charge < -0.3 is 10.5 Å². The number of ether oxygens (including phenoxy) is 1. The Morgan fingerprint density at radius 1 is 1.62 bits per heavy atom. The number of amides is 1. The van der Waals surface area contributed by atoms with Crippen LogP contribution in [-0.4, -0.2) is 16.3 Å². The van der Waals surface area contributed by atoms with Crippen molar-refractivity contribution in [3.05, 3.63) is 30.3 Å². The van der Waals surface area contributed by atoms with Gasteiger partial charge in [0.25, 0.3) is 0 Å². The normalized spacial score (nSPS) is 9.54. The van der Waals surface area contributed by atoms with Crippen LogP contribution in [0.4, 0.5) is 4.79 Å². The fourth-order valence-electron chi connectivity index (χ4n) is 1.07. The standard InChI is InChI=1S/C9H11NO2Si/c1-2-6-4-3-5-7(8(6)13)12-9(10)11/h2-5H,1H2,13H3,(H2,10,11). The molecule has 0 heterocycles. The van der Waals surface area contributed by atoms with Crippen molar-refractivity contribution in [2.24, 2.45) is 5.73 Å². The number of nitrogens with two attached hydrogens (primary N) is 1. The van der Waals surface area contributed by atoms with Crippen molar-refractivity contribution >= 4 is 27.6 Å². The van der Waals surface area contributed by atoms with E-state index in [1.165, 1.54) is 0 Å². The Balaban J connectivity index is 3.07. The Hall–Kier alpha value is -1.55. The topological polar surface area (TPSA) is 52.3 Å². The van der Waals surface area contributed by atoms with Gasteiger partial charge in [0.15, 0.2) is 0 Å². The van der Waals surface area contributed by atoms with E-state index >= 15 is 0 Å². The molecule has 0 radical (unpaired) electrons. The van der Waals surface area contributed by atoms with Gasteiger partial charge >= 0.3 is 6.09 Å². The Kier molecular flexibility index (Phi) is 2.87. The lowest BCUT2D eigenvalue weighted by atomic mass is 10.2. The van der Waals surface area contributed by atoms with Crippen molar-refractivity contribution in [3.8, 4) is 5.75 Å². The molecule has 0 fully saturated rings. The van der Waals surface area contributed by atoms with E-state index < -0.39 is 6.09 Å².